The van der Waals surface area contributed by atoms with Gasteiger partial charge in [0.1, 0.15) is 11.6 Å². The SMILES string of the molecule is O=C(NCc1ccc(Cl)cc1)[C@@H]1C[C@@H](O)CN1C(=O)c1ccccc1[N+](=O)[O-]. The monoisotopic (exact) mass is 403 g/mol. The van der Waals surface area contributed by atoms with E-state index in [1.807, 2.05) is 0 Å². The molecule has 0 saturated carbocycles. The Hall–Kier alpha value is -2.97. The van der Waals surface area contributed by atoms with Crippen molar-refractivity contribution in [3.63, 3.8) is 0 Å². The molecule has 9 heteroatoms. The lowest BCUT2D eigenvalue weighted by atomic mass is 10.1. The van der Waals surface area contributed by atoms with E-state index in [2.05, 4.69) is 5.32 Å². The molecule has 0 spiro atoms. The summed E-state index contributed by atoms with van der Waals surface area (Å²) in [6, 6.07) is 11.6. The molecule has 28 heavy (non-hydrogen) atoms. The highest BCUT2D eigenvalue weighted by Gasteiger charge is 2.40. The lowest BCUT2D eigenvalue weighted by Gasteiger charge is -2.23. The van der Waals surface area contributed by atoms with Gasteiger partial charge in [-0.15, -0.1) is 0 Å². The van der Waals surface area contributed by atoms with Crippen LogP contribution in [-0.2, 0) is 11.3 Å². The van der Waals surface area contributed by atoms with Gasteiger partial charge >= 0.3 is 0 Å². The van der Waals surface area contributed by atoms with Gasteiger partial charge in [-0.3, -0.25) is 19.7 Å². The van der Waals surface area contributed by atoms with Crippen LogP contribution in [0, 0.1) is 10.1 Å². The summed E-state index contributed by atoms with van der Waals surface area (Å²) in [5.74, 6) is -1.09. The fourth-order valence-corrected chi connectivity index (χ4v) is 3.29. The molecule has 2 atom stereocenters. The van der Waals surface area contributed by atoms with Crippen molar-refractivity contribution in [2.45, 2.75) is 25.1 Å². The summed E-state index contributed by atoms with van der Waals surface area (Å²) in [4.78, 5) is 37.2. The molecule has 0 unspecified atom stereocenters. The number of nitro groups is 1. The molecule has 8 nitrogen and oxygen atoms in total. The van der Waals surface area contributed by atoms with Crippen molar-refractivity contribution in [1.82, 2.24) is 10.2 Å². The number of β-amino-alcohol motifs (C(OH)–C–C–N with tert-alkyl or cyclic N) is 1. The fourth-order valence-electron chi connectivity index (χ4n) is 3.16. The Morgan fingerprint density at radius 1 is 1.21 bits per heavy atom. The number of hydrogen-bond donors (Lipinski definition) is 2. The van der Waals surface area contributed by atoms with Crippen LogP contribution in [0.5, 0.6) is 0 Å². The van der Waals surface area contributed by atoms with E-state index in [0.717, 1.165) is 5.56 Å². The number of para-hydroxylation sites is 1. The summed E-state index contributed by atoms with van der Waals surface area (Å²) in [5.41, 5.74) is 0.374. The van der Waals surface area contributed by atoms with Crippen molar-refractivity contribution >= 4 is 29.1 Å². The van der Waals surface area contributed by atoms with Crippen molar-refractivity contribution < 1.29 is 19.6 Å². The zero-order valence-corrected chi connectivity index (χ0v) is 15.5. The second-order valence-corrected chi connectivity index (χ2v) is 6.92. The standard InChI is InChI=1S/C19H18ClN3O5/c20-13-7-5-12(6-8-13)10-21-18(25)17-9-14(24)11-22(17)19(26)15-3-1-2-4-16(15)23(27)28/h1-8,14,17,24H,9-11H2,(H,21,25)/t14-,17+/m1/s1. The van der Waals surface area contributed by atoms with E-state index in [9.17, 15) is 24.8 Å². The molecular weight excluding hydrogens is 386 g/mol. The van der Waals surface area contributed by atoms with Gasteiger partial charge in [0.2, 0.25) is 5.91 Å². The minimum atomic E-state index is -0.908. The lowest BCUT2D eigenvalue weighted by Crippen LogP contribution is -2.45. The van der Waals surface area contributed by atoms with Crippen molar-refractivity contribution in [2.24, 2.45) is 0 Å². The molecule has 2 aromatic rings. The van der Waals surface area contributed by atoms with Gasteiger partial charge in [-0.25, -0.2) is 0 Å². The first-order chi connectivity index (χ1) is 13.4. The van der Waals surface area contributed by atoms with Gasteiger partial charge < -0.3 is 15.3 Å². The number of nitro benzene ring substituents is 1. The zero-order chi connectivity index (χ0) is 20.3. The predicted molar refractivity (Wildman–Crippen MR) is 102 cm³/mol. The maximum Gasteiger partial charge on any atom is 0.282 e. The molecule has 0 radical (unpaired) electrons. The minimum Gasteiger partial charge on any atom is -0.391 e. The number of carbonyl (C=O) groups is 2. The first-order valence-corrected chi connectivity index (χ1v) is 8.99. The van der Waals surface area contributed by atoms with Gasteiger partial charge in [-0.1, -0.05) is 35.9 Å². The summed E-state index contributed by atoms with van der Waals surface area (Å²) in [6.07, 6.45) is -0.809. The Labute approximate surface area is 165 Å². The molecule has 1 saturated heterocycles. The summed E-state index contributed by atoms with van der Waals surface area (Å²) in [7, 11) is 0. The predicted octanol–water partition coefficient (Wildman–Crippen LogP) is 2.14. The number of aliphatic hydroxyl groups is 1. The van der Waals surface area contributed by atoms with Crippen LogP contribution in [0.4, 0.5) is 5.69 Å². The van der Waals surface area contributed by atoms with Crippen LogP contribution in [0.2, 0.25) is 5.02 Å². The van der Waals surface area contributed by atoms with Crippen molar-refractivity contribution in [3.05, 3.63) is 74.8 Å². The van der Waals surface area contributed by atoms with E-state index in [0.29, 0.717) is 5.02 Å². The Morgan fingerprint density at radius 2 is 1.89 bits per heavy atom. The van der Waals surface area contributed by atoms with Gasteiger partial charge in [0.15, 0.2) is 0 Å². The molecule has 0 aliphatic carbocycles. The second kappa shape index (κ2) is 8.37. The summed E-state index contributed by atoms with van der Waals surface area (Å²) in [6.45, 7) is 0.167. The van der Waals surface area contributed by atoms with Crippen LogP contribution in [0.1, 0.15) is 22.3 Å². The first-order valence-electron chi connectivity index (χ1n) is 8.61. The second-order valence-electron chi connectivity index (χ2n) is 6.48. The highest BCUT2D eigenvalue weighted by Crippen LogP contribution is 2.25. The number of nitrogens with zero attached hydrogens (tertiary/aromatic N) is 2. The maximum absolute atomic E-state index is 12.9. The summed E-state index contributed by atoms with van der Waals surface area (Å²) < 4.78 is 0. The number of amides is 2. The van der Waals surface area contributed by atoms with Gasteiger partial charge in [0.25, 0.3) is 11.6 Å². The number of aliphatic hydroxyl groups excluding tert-OH is 1. The molecule has 1 aliphatic heterocycles. The number of nitrogens with one attached hydrogen (secondary N) is 1. The highest BCUT2D eigenvalue weighted by atomic mass is 35.5. The van der Waals surface area contributed by atoms with Gasteiger partial charge in [0, 0.05) is 30.6 Å². The van der Waals surface area contributed by atoms with E-state index in [1.54, 1.807) is 24.3 Å². The molecule has 146 valence electrons. The van der Waals surface area contributed by atoms with Crippen molar-refractivity contribution in [1.29, 1.82) is 0 Å². The molecular formula is C19H18ClN3O5. The molecule has 1 heterocycles. The Bertz CT molecular complexity index is 903. The van der Waals surface area contributed by atoms with Gasteiger partial charge in [0.05, 0.1) is 11.0 Å². The average Bonchev–Trinajstić information content (AvgIpc) is 3.08. The third kappa shape index (κ3) is 4.29. The third-order valence-electron chi connectivity index (χ3n) is 4.55. The van der Waals surface area contributed by atoms with E-state index in [1.165, 1.54) is 29.2 Å². The fraction of sp³-hybridized carbons (Fsp3) is 0.263. The molecule has 3 rings (SSSR count). The topological polar surface area (TPSA) is 113 Å². The summed E-state index contributed by atoms with van der Waals surface area (Å²) in [5, 5.41) is 24.5. The van der Waals surface area contributed by atoms with E-state index in [4.69, 9.17) is 11.6 Å². The number of hydrogen-bond acceptors (Lipinski definition) is 5. The quantitative estimate of drug-likeness (QED) is 0.586. The van der Waals surface area contributed by atoms with Crippen molar-refractivity contribution in [2.75, 3.05) is 6.54 Å². The molecule has 0 bridgehead atoms. The zero-order valence-electron chi connectivity index (χ0n) is 14.7. The third-order valence-corrected chi connectivity index (χ3v) is 4.81. The van der Waals surface area contributed by atoms with E-state index >= 15 is 0 Å². The molecule has 2 N–H and O–H groups in total. The van der Waals surface area contributed by atoms with Crippen LogP contribution in [-0.4, -0.2) is 45.4 Å². The summed E-state index contributed by atoms with van der Waals surface area (Å²) >= 11 is 5.83. The van der Waals surface area contributed by atoms with Gasteiger partial charge in [-0.2, -0.15) is 0 Å². The molecule has 2 amide bonds. The number of halogens is 1. The van der Waals surface area contributed by atoms with E-state index < -0.39 is 28.9 Å². The molecule has 0 aromatic heterocycles. The molecule has 1 fully saturated rings. The number of benzene rings is 2. The first kappa shape index (κ1) is 19.8. The van der Waals surface area contributed by atoms with Crippen LogP contribution >= 0.6 is 11.6 Å². The smallest absolute Gasteiger partial charge is 0.282 e. The largest absolute Gasteiger partial charge is 0.391 e. The number of carbonyl (C=O) groups excluding carboxylic acids is 2. The van der Waals surface area contributed by atoms with Crippen LogP contribution in [0.15, 0.2) is 48.5 Å². The molecule has 1 aliphatic rings. The van der Waals surface area contributed by atoms with Crippen LogP contribution in [0.25, 0.3) is 0 Å². The Kier molecular flexibility index (Phi) is 5.91. The van der Waals surface area contributed by atoms with Crippen LogP contribution in [0.3, 0.4) is 0 Å². The minimum absolute atomic E-state index is 0.0656. The van der Waals surface area contributed by atoms with E-state index in [-0.39, 0.29) is 30.8 Å². The number of likely N-dealkylation sites (tertiary alicyclic amines) is 1. The lowest BCUT2D eigenvalue weighted by molar-refractivity contribution is -0.385. The Balaban J connectivity index is 1.75. The van der Waals surface area contributed by atoms with Gasteiger partial charge in [-0.05, 0) is 23.8 Å². The Morgan fingerprint density at radius 3 is 2.57 bits per heavy atom. The average molecular weight is 404 g/mol. The normalized spacial score (nSPS) is 18.7. The van der Waals surface area contributed by atoms with Crippen molar-refractivity contribution in [3.8, 4) is 0 Å². The highest BCUT2D eigenvalue weighted by molar-refractivity contribution is 6.30. The number of rotatable bonds is 5. The maximum atomic E-state index is 12.9. The van der Waals surface area contributed by atoms with Crippen LogP contribution < -0.4 is 5.32 Å². The molecule has 2 aromatic carbocycles.